The first-order chi connectivity index (χ1) is 6.60. The van der Waals surface area contributed by atoms with Gasteiger partial charge in [0.1, 0.15) is 0 Å². The lowest BCUT2D eigenvalue weighted by Crippen LogP contribution is -2.44. The molecule has 6 heteroatoms. The van der Waals surface area contributed by atoms with Gasteiger partial charge >= 0.3 is 0 Å². The van der Waals surface area contributed by atoms with Gasteiger partial charge in [0.2, 0.25) is 0 Å². The normalized spacial score (nSPS) is 21.3. The molecule has 84 valence electrons. The van der Waals surface area contributed by atoms with Crippen molar-refractivity contribution in [2.24, 2.45) is 0 Å². The minimum atomic E-state index is -3.23. The number of halogens is 1. The minimum absolute atomic E-state index is 0.000556. The van der Waals surface area contributed by atoms with Crippen molar-refractivity contribution < 1.29 is 8.42 Å². The van der Waals surface area contributed by atoms with Gasteiger partial charge in [-0.2, -0.15) is 17.4 Å². The van der Waals surface area contributed by atoms with Gasteiger partial charge in [-0.1, -0.05) is 22.9 Å². The second kappa shape index (κ2) is 5.44. The Morgan fingerprint density at radius 3 is 2.43 bits per heavy atom. The van der Waals surface area contributed by atoms with Gasteiger partial charge < -0.3 is 0 Å². The molecule has 0 spiro atoms. The van der Waals surface area contributed by atoms with Gasteiger partial charge in [0.25, 0.3) is 10.2 Å². The Morgan fingerprint density at radius 2 is 2.00 bits per heavy atom. The number of rotatable bonds is 5. The number of hydrogen-bond donors (Lipinski definition) is 1. The van der Waals surface area contributed by atoms with E-state index in [1.165, 1.54) is 4.31 Å². The van der Waals surface area contributed by atoms with E-state index in [9.17, 15) is 8.42 Å². The van der Waals surface area contributed by atoms with Crippen molar-refractivity contribution in [3.63, 3.8) is 0 Å². The van der Waals surface area contributed by atoms with Crippen LogP contribution < -0.4 is 4.72 Å². The molecule has 0 amide bonds. The van der Waals surface area contributed by atoms with E-state index < -0.39 is 10.2 Å². The summed E-state index contributed by atoms with van der Waals surface area (Å²) in [6.45, 7) is 3.29. The van der Waals surface area contributed by atoms with E-state index in [0.717, 1.165) is 19.3 Å². The van der Waals surface area contributed by atoms with Crippen LogP contribution in [0.15, 0.2) is 0 Å². The summed E-state index contributed by atoms with van der Waals surface area (Å²) in [6, 6.07) is 0.000556. The molecule has 1 atom stereocenters. The van der Waals surface area contributed by atoms with Crippen LogP contribution in [0.2, 0.25) is 0 Å². The zero-order valence-corrected chi connectivity index (χ0v) is 10.8. The summed E-state index contributed by atoms with van der Waals surface area (Å²) in [5.41, 5.74) is 0. The third-order valence-corrected chi connectivity index (χ3v) is 4.86. The molecule has 0 aromatic heterocycles. The fourth-order valence-electron chi connectivity index (χ4n) is 1.44. The molecule has 4 nitrogen and oxygen atoms in total. The molecule has 0 bridgehead atoms. The maximum atomic E-state index is 11.8. The molecule has 1 saturated heterocycles. The van der Waals surface area contributed by atoms with Gasteiger partial charge in [-0.3, -0.25) is 0 Å². The summed E-state index contributed by atoms with van der Waals surface area (Å²) in [6.07, 6.45) is 2.76. The van der Waals surface area contributed by atoms with Gasteiger partial charge in [0.15, 0.2) is 0 Å². The zero-order chi connectivity index (χ0) is 10.6. The predicted octanol–water partition coefficient (Wildman–Crippen LogP) is 1.09. The van der Waals surface area contributed by atoms with Crippen molar-refractivity contribution in [3.8, 4) is 0 Å². The molecule has 0 saturated carbocycles. The Kier molecular flexibility index (Phi) is 4.82. The molecule has 1 rings (SSSR count). The number of alkyl halides is 1. The lowest BCUT2D eigenvalue weighted by atomic mass is 10.3. The second-order valence-electron chi connectivity index (χ2n) is 3.49. The monoisotopic (exact) mass is 284 g/mol. The van der Waals surface area contributed by atoms with Crippen molar-refractivity contribution in [3.05, 3.63) is 0 Å². The quantitative estimate of drug-likeness (QED) is 0.769. The van der Waals surface area contributed by atoms with Crippen LogP contribution >= 0.6 is 15.9 Å². The standard InChI is InChI=1S/C8H17BrN2O2S/c1-2-8(7-9)10-14(12,13)11-5-3-4-6-11/h8,10H,2-7H2,1H3. The molecule has 1 unspecified atom stereocenters. The molecule has 1 aliphatic heterocycles. The third-order valence-electron chi connectivity index (χ3n) is 2.40. The highest BCUT2D eigenvalue weighted by Gasteiger charge is 2.26. The summed E-state index contributed by atoms with van der Waals surface area (Å²) >= 11 is 3.29. The fraction of sp³-hybridized carbons (Fsp3) is 1.00. The predicted molar refractivity (Wildman–Crippen MR) is 60.7 cm³/mol. The Labute approximate surface area is 94.4 Å². The lowest BCUT2D eigenvalue weighted by molar-refractivity contribution is 0.454. The first-order valence-electron chi connectivity index (χ1n) is 4.93. The summed E-state index contributed by atoms with van der Waals surface area (Å²) in [7, 11) is -3.23. The van der Waals surface area contributed by atoms with E-state index in [1.807, 2.05) is 6.92 Å². The third kappa shape index (κ3) is 3.18. The molecule has 14 heavy (non-hydrogen) atoms. The van der Waals surface area contributed by atoms with Crippen molar-refractivity contribution in [1.29, 1.82) is 0 Å². The molecule has 1 aliphatic rings. The molecule has 1 N–H and O–H groups in total. The highest BCUT2D eigenvalue weighted by molar-refractivity contribution is 9.09. The van der Waals surface area contributed by atoms with Crippen LogP contribution in [0.5, 0.6) is 0 Å². The Hall–Kier alpha value is 0.350. The summed E-state index contributed by atoms with van der Waals surface area (Å²) in [5, 5.41) is 0.663. The van der Waals surface area contributed by atoms with E-state index in [-0.39, 0.29) is 6.04 Å². The first kappa shape index (κ1) is 12.4. The van der Waals surface area contributed by atoms with Crippen LogP contribution in [0.1, 0.15) is 26.2 Å². The maximum Gasteiger partial charge on any atom is 0.279 e. The fourth-order valence-corrected chi connectivity index (χ4v) is 3.83. The smallest absolute Gasteiger partial charge is 0.198 e. The summed E-state index contributed by atoms with van der Waals surface area (Å²) in [5.74, 6) is 0. The highest BCUT2D eigenvalue weighted by atomic mass is 79.9. The lowest BCUT2D eigenvalue weighted by Gasteiger charge is -2.20. The van der Waals surface area contributed by atoms with E-state index in [0.29, 0.717) is 18.4 Å². The minimum Gasteiger partial charge on any atom is -0.198 e. The van der Waals surface area contributed by atoms with Gasteiger partial charge in [-0.25, -0.2) is 0 Å². The molecule has 0 aliphatic carbocycles. The van der Waals surface area contributed by atoms with Crippen LogP contribution in [0.4, 0.5) is 0 Å². The largest absolute Gasteiger partial charge is 0.279 e. The summed E-state index contributed by atoms with van der Waals surface area (Å²) < 4.78 is 27.7. The maximum absolute atomic E-state index is 11.8. The number of hydrogen-bond acceptors (Lipinski definition) is 2. The molecule has 1 fully saturated rings. The van der Waals surface area contributed by atoms with Crippen LogP contribution in [0, 0.1) is 0 Å². The zero-order valence-electron chi connectivity index (χ0n) is 8.37. The number of nitrogens with one attached hydrogen (secondary N) is 1. The SMILES string of the molecule is CCC(CBr)NS(=O)(=O)N1CCCC1. The van der Waals surface area contributed by atoms with E-state index in [1.54, 1.807) is 0 Å². The molecule has 0 aromatic rings. The average molecular weight is 285 g/mol. The average Bonchev–Trinajstić information content (AvgIpc) is 2.67. The van der Waals surface area contributed by atoms with Crippen LogP contribution in [0.25, 0.3) is 0 Å². The van der Waals surface area contributed by atoms with E-state index in [4.69, 9.17) is 0 Å². The molecular weight excluding hydrogens is 268 g/mol. The van der Waals surface area contributed by atoms with Gasteiger partial charge in [0, 0.05) is 24.5 Å². The van der Waals surface area contributed by atoms with Crippen LogP contribution in [-0.4, -0.2) is 37.2 Å². The van der Waals surface area contributed by atoms with Gasteiger partial charge in [0.05, 0.1) is 0 Å². The van der Waals surface area contributed by atoms with Crippen molar-refractivity contribution in [2.75, 3.05) is 18.4 Å². The van der Waals surface area contributed by atoms with Gasteiger partial charge in [-0.15, -0.1) is 0 Å². The van der Waals surface area contributed by atoms with Gasteiger partial charge in [-0.05, 0) is 19.3 Å². The van der Waals surface area contributed by atoms with Crippen molar-refractivity contribution in [1.82, 2.24) is 9.03 Å². The van der Waals surface area contributed by atoms with E-state index in [2.05, 4.69) is 20.7 Å². The van der Waals surface area contributed by atoms with E-state index >= 15 is 0 Å². The Balaban J connectivity index is 2.56. The Bertz CT molecular complexity index is 259. The number of nitrogens with zero attached hydrogens (tertiary/aromatic N) is 1. The first-order valence-corrected chi connectivity index (χ1v) is 7.49. The molecular formula is C8H17BrN2O2S. The van der Waals surface area contributed by atoms with Crippen molar-refractivity contribution >= 4 is 26.1 Å². The molecule has 0 aromatic carbocycles. The molecule has 0 radical (unpaired) electrons. The van der Waals surface area contributed by atoms with Crippen LogP contribution in [0.3, 0.4) is 0 Å². The topological polar surface area (TPSA) is 49.4 Å². The summed E-state index contributed by atoms with van der Waals surface area (Å²) in [4.78, 5) is 0. The Morgan fingerprint density at radius 1 is 1.43 bits per heavy atom. The second-order valence-corrected chi connectivity index (χ2v) is 5.84. The molecule has 1 heterocycles. The van der Waals surface area contributed by atoms with Crippen LogP contribution in [-0.2, 0) is 10.2 Å². The van der Waals surface area contributed by atoms with Crippen molar-refractivity contribution in [2.45, 2.75) is 32.2 Å². The highest BCUT2D eigenvalue weighted by Crippen LogP contribution is 2.12.